The normalized spacial score (nSPS) is 11.4. The Morgan fingerprint density at radius 2 is 2.00 bits per heavy atom. The molecule has 0 aliphatic carbocycles. The van der Waals surface area contributed by atoms with Crippen LogP contribution in [0.15, 0.2) is 18.2 Å². The third-order valence-corrected chi connectivity index (χ3v) is 2.69. The fraction of sp³-hybridized carbons (Fsp3) is 0.500. The maximum Gasteiger partial charge on any atom is 0.225 e. The molecule has 3 heteroatoms. The number of aryl methyl sites for hydroxylation is 1. The molecule has 0 radical (unpaired) electrons. The van der Waals surface area contributed by atoms with E-state index in [9.17, 15) is 4.79 Å². The van der Waals surface area contributed by atoms with E-state index in [1.54, 1.807) is 0 Å². The number of halogens is 1. The number of rotatable bonds is 4. The SMILES string of the molecule is Cc1ccc(OCCC(=O)Cl)c(C(C)(C)C)c1. The first-order chi connectivity index (χ1) is 7.80. The highest BCUT2D eigenvalue weighted by Gasteiger charge is 2.19. The van der Waals surface area contributed by atoms with Crippen LogP contribution in [-0.2, 0) is 10.2 Å². The summed E-state index contributed by atoms with van der Waals surface area (Å²) in [5.74, 6) is 0.834. The minimum atomic E-state index is -0.366. The van der Waals surface area contributed by atoms with E-state index in [0.29, 0.717) is 6.61 Å². The highest BCUT2D eigenvalue weighted by molar-refractivity contribution is 6.63. The summed E-state index contributed by atoms with van der Waals surface area (Å²) in [6, 6.07) is 6.08. The molecule has 0 bridgehead atoms. The Morgan fingerprint density at radius 3 is 2.53 bits per heavy atom. The van der Waals surface area contributed by atoms with Crippen LogP contribution in [0.2, 0.25) is 0 Å². The minimum absolute atomic E-state index is 0.0202. The molecule has 1 aromatic carbocycles. The van der Waals surface area contributed by atoms with Gasteiger partial charge in [0.25, 0.3) is 0 Å². The predicted molar refractivity (Wildman–Crippen MR) is 70.9 cm³/mol. The number of hydrogen-bond acceptors (Lipinski definition) is 2. The van der Waals surface area contributed by atoms with Crippen LogP contribution < -0.4 is 4.74 Å². The lowest BCUT2D eigenvalue weighted by Gasteiger charge is -2.23. The summed E-state index contributed by atoms with van der Waals surface area (Å²) in [4.78, 5) is 10.7. The summed E-state index contributed by atoms with van der Waals surface area (Å²) in [6.07, 6.45) is 0.235. The van der Waals surface area contributed by atoms with Gasteiger partial charge in [-0.2, -0.15) is 0 Å². The average Bonchev–Trinajstić information content (AvgIpc) is 2.18. The summed E-state index contributed by atoms with van der Waals surface area (Å²) in [7, 11) is 0. The van der Waals surface area contributed by atoms with Crippen molar-refractivity contribution in [2.75, 3.05) is 6.61 Å². The van der Waals surface area contributed by atoms with Gasteiger partial charge in [0.15, 0.2) is 0 Å². The van der Waals surface area contributed by atoms with Gasteiger partial charge in [-0.05, 0) is 35.6 Å². The lowest BCUT2D eigenvalue weighted by Crippen LogP contribution is -2.14. The molecule has 0 aromatic heterocycles. The summed E-state index contributed by atoms with van der Waals surface area (Å²) >= 11 is 5.28. The van der Waals surface area contributed by atoms with Crippen LogP contribution >= 0.6 is 11.6 Å². The van der Waals surface area contributed by atoms with Gasteiger partial charge in [-0.25, -0.2) is 0 Å². The molecule has 0 atom stereocenters. The number of carbonyl (C=O) groups is 1. The second-order valence-electron chi connectivity index (χ2n) is 5.20. The first-order valence-electron chi connectivity index (χ1n) is 5.73. The van der Waals surface area contributed by atoms with Crippen molar-refractivity contribution in [1.29, 1.82) is 0 Å². The number of benzene rings is 1. The maximum atomic E-state index is 10.7. The fourth-order valence-electron chi connectivity index (χ4n) is 1.60. The smallest absolute Gasteiger partial charge is 0.225 e. The van der Waals surface area contributed by atoms with Crippen molar-refractivity contribution in [3.63, 3.8) is 0 Å². The van der Waals surface area contributed by atoms with Crippen molar-refractivity contribution in [1.82, 2.24) is 0 Å². The molecule has 0 unspecified atom stereocenters. The van der Waals surface area contributed by atoms with Crippen LogP contribution in [0.5, 0.6) is 5.75 Å². The van der Waals surface area contributed by atoms with Crippen LogP contribution in [0, 0.1) is 6.92 Å². The fourth-order valence-corrected chi connectivity index (χ4v) is 1.67. The van der Waals surface area contributed by atoms with Crippen molar-refractivity contribution in [3.05, 3.63) is 29.3 Å². The molecule has 0 aliphatic heterocycles. The second-order valence-corrected chi connectivity index (χ2v) is 5.62. The first-order valence-corrected chi connectivity index (χ1v) is 6.11. The van der Waals surface area contributed by atoms with E-state index in [1.807, 2.05) is 12.1 Å². The molecular weight excluding hydrogens is 236 g/mol. The monoisotopic (exact) mass is 254 g/mol. The molecule has 0 spiro atoms. The van der Waals surface area contributed by atoms with E-state index in [0.717, 1.165) is 11.3 Å². The zero-order valence-corrected chi connectivity index (χ0v) is 11.6. The number of hydrogen-bond donors (Lipinski definition) is 0. The first kappa shape index (κ1) is 14.0. The van der Waals surface area contributed by atoms with Crippen LogP contribution in [0.25, 0.3) is 0 Å². The average molecular weight is 255 g/mol. The quantitative estimate of drug-likeness (QED) is 0.764. The summed E-state index contributed by atoms with van der Waals surface area (Å²) in [5, 5.41) is -0.366. The molecule has 1 aromatic rings. The molecule has 1 rings (SSSR count). The van der Waals surface area contributed by atoms with Crippen molar-refractivity contribution in [2.24, 2.45) is 0 Å². The Labute approximate surface area is 108 Å². The highest BCUT2D eigenvalue weighted by atomic mass is 35.5. The Balaban J connectivity index is 2.87. The zero-order chi connectivity index (χ0) is 13.1. The van der Waals surface area contributed by atoms with Gasteiger partial charge < -0.3 is 4.74 Å². The van der Waals surface area contributed by atoms with E-state index < -0.39 is 0 Å². The van der Waals surface area contributed by atoms with Gasteiger partial charge >= 0.3 is 0 Å². The zero-order valence-electron chi connectivity index (χ0n) is 10.8. The van der Waals surface area contributed by atoms with Crippen molar-refractivity contribution < 1.29 is 9.53 Å². The maximum absolute atomic E-state index is 10.7. The molecular formula is C14H19ClO2. The molecule has 0 aliphatic rings. The van der Waals surface area contributed by atoms with Crippen molar-refractivity contribution in [3.8, 4) is 5.75 Å². The minimum Gasteiger partial charge on any atom is -0.493 e. The second kappa shape index (κ2) is 5.54. The Bertz CT molecular complexity index is 405. The van der Waals surface area contributed by atoms with Gasteiger partial charge in [-0.3, -0.25) is 4.79 Å². The standard InChI is InChI=1S/C14H19ClO2/c1-10-5-6-12(17-8-7-13(15)16)11(9-10)14(2,3)4/h5-6,9H,7-8H2,1-4H3. The van der Waals surface area contributed by atoms with Gasteiger partial charge in [0.05, 0.1) is 13.0 Å². The third kappa shape index (κ3) is 4.39. The molecule has 0 N–H and O–H groups in total. The van der Waals surface area contributed by atoms with Gasteiger partial charge in [-0.15, -0.1) is 0 Å². The lowest BCUT2D eigenvalue weighted by atomic mass is 9.85. The van der Waals surface area contributed by atoms with E-state index in [4.69, 9.17) is 16.3 Å². The van der Waals surface area contributed by atoms with E-state index >= 15 is 0 Å². The van der Waals surface area contributed by atoms with Gasteiger partial charge in [-0.1, -0.05) is 38.5 Å². The number of carbonyl (C=O) groups excluding carboxylic acids is 1. The predicted octanol–water partition coefficient (Wildman–Crippen LogP) is 3.83. The summed E-state index contributed by atoms with van der Waals surface area (Å²) < 4.78 is 5.62. The van der Waals surface area contributed by atoms with Crippen molar-refractivity contribution >= 4 is 16.8 Å². The molecule has 0 heterocycles. The molecule has 0 saturated heterocycles. The molecule has 0 fully saturated rings. The van der Waals surface area contributed by atoms with Gasteiger partial charge in [0.1, 0.15) is 5.75 Å². The van der Waals surface area contributed by atoms with Crippen LogP contribution in [0.1, 0.15) is 38.3 Å². The van der Waals surface area contributed by atoms with Gasteiger partial charge in [0, 0.05) is 0 Å². The van der Waals surface area contributed by atoms with Crippen LogP contribution in [0.3, 0.4) is 0 Å². The summed E-state index contributed by atoms with van der Waals surface area (Å²) in [5.41, 5.74) is 2.38. The van der Waals surface area contributed by atoms with Crippen LogP contribution in [0.4, 0.5) is 0 Å². The van der Waals surface area contributed by atoms with Crippen molar-refractivity contribution in [2.45, 2.75) is 39.5 Å². The summed E-state index contributed by atoms with van der Waals surface area (Å²) in [6.45, 7) is 8.81. The number of ether oxygens (including phenoxy) is 1. The molecule has 0 saturated carbocycles. The highest BCUT2D eigenvalue weighted by Crippen LogP contribution is 2.32. The Morgan fingerprint density at radius 1 is 1.35 bits per heavy atom. The molecule has 17 heavy (non-hydrogen) atoms. The van der Waals surface area contributed by atoms with E-state index in [2.05, 4.69) is 33.8 Å². The Hall–Kier alpha value is -1.02. The van der Waals surface area contributed by atoms with E-state index in [-0.39, 0.29) is 17.1 Å². The van der Waals surface area contributed by atoms with E-state index in [1.165, 1.54) is 5.56 Å². The molecule has 0 amide bonds. The van der Waals surface area contributed by atoms with Crippen LogP contribution in [-0.4, -0.2) is 11.8 Å². The Kier molecular flexibility index (Phi) is 4.58. The molecule has 2 nitrogen and oxygen atoms in total. The lowest BCUT2D eigenvalue weighted by molar-refractivity contribution is -0.112. The topological polar surface area (TPSA) is 26.3 Å². The third-order valence-electron chi connectivity index (χ3n) is 2.50. The molecule has 94 valence electrons. The van der Waals surface area contributed by atoms with Gasteiger partial charge in [0.2, 0.25) is 5.24 Å². The largest absolute Gasteiger partial charge is 0.493 e.